The molecule has 3 aromatic rings. The van der Waals surface area contributed by atoms with Crippen LogP contribution in [0.15, 0.2) is 72.2 Å². The Hall–Kier alpha value is -2.76. The van der Waals surface area contributed by atoms with Crippen molar-refractivity contribution in [3.63, 3.8) is 0 Å². The van der Waals surface area contributed by atoms with Crippen LogP contribution in [-0.4, -0.2) is 15.4 Å². The highest BCUT2D eigenvalue weighted by Crippen LogP contribution is 2.40. The van der Waals surface area contributed by atoms with E-state index in [1.54, 1.807) is 10.6 Å². The van der Waals surface area contributed by atoms with Crippen LogP contribution in [0.3, 0.4) is 0 Å². The first kappa shape index (κ1) is 16.7. The second-order valence-electron chi connectivity index (χ2n) is 5.86. The zero-order valence-corrected chi connectivity index (χ0v) is 15.6. The molecule has 0 radical (unpaired) electrons. The topological polar surface area (TPSA) is 37.5 Å². The third-order valence-electron chi connectivity index (χ3n) is 4.21. The van der Waals surface area contributed by atoms with Crippen LogP contribution < -0.4 is 0 Å². The fourth-order valence-electron chi connectivity index (χ4n) is 3.00. The van der Waals surface area contributed by atoms with Crippen LogP contribution in [0, 0.1) is 3.95 Å². The number of nitrogens with zero attached hydrogens (tertiary/aromatic N) is 2. The van der Waals surface area contributed by atoms with E-state index in [9.17, 15) is 5.11 Å². The fraction of sp³-hybridized carbons (Fsp3) is 0.0476. The number of benzene rings is 2. The average Bonchev–Trinajstić information content (AvgIpc) is 3.16. The van der Waals surface area contributed by atoms with Gasteiger partial charge in [0.15, 0.2) is 3.95 Å². The number of thiazole rings is 1. The summed E-state index contributed by atoms with van der Waals surface area (Å²) in [6.45, 7) is 4.21. The van der Waals surface area contributed by atoms with Crippen LogP contribution in [0.5, 0.6) is 5.88 Å². The van der Waals surface area contributed by atoms with Crippen LogP contribution in [0.4, 0.5) is 5.69 Å². The number of para-hydroxylation sites is 1. The van der Waals surface area contributed by atoms with E-state index in [-0.39, 0.29) is 5.88 Å². The summed E-state index contributed by atoms with van der Waals surface area (Å²) >= 11 is 6.77. The van der Waals surface area contributed by atoms with Gasteiger partial charge >= 0.3 is 0 Å². The molecule has 1 N–H and O–H groups in total. The lowest BCUT2D eigenvalue weighted by molar-refractivity contribution is 0.424. The second kappa shape index (κ2) is 6.86. The van der Waals surface area contributed by atoms with E-state index in [4.69, 9.17) is 17.2 Å². The monoisotopic (exact) mass is 376 g/mol. The summed E-state index contributed by atoms with van der Waals surface area (Å²) in [5, 5.41) is 10.6. The zero-order chi connectivity index (χ0) is 18.1. The molecule has 2 heterocycles. The maximum absolute atomic E-state index is 10.6. The molecular weight excluding hydrogens is 360 g/mol. The number of allylic oxidation sites excluding steroid dienone is 2. The molecule has 0 bridgehead atoms. The van der Waals surface area contributed by atoms with Crippen LogP contribution in [-0.2, 0) is 6.54 Å². The molecule has 0 aliphatic carbocycles. The van der Waals surface area contributed by atoms with Gasteiger partial charge < -0.3 is 5.11 Å². The Kier molecular flexibility index (Phi) is 4.41. The number of aliphatic imine (C=N–C) groups is 1. The first-order valence-corrected chi connectivity index (χ1v) is 9.40. The van der Waals surface area contributed by atoms with E-state index in [0.29, 0.717) is 10.5 Å². The lowest BCUT2D eigenvalue weighted by Gasteiger charge is -2.06. The van der Waals surface area contributed by atoms with Gasteiger partial charge in [0.05, 0.1) is 16.3 Å². The number of aromatic hydroxyl groups is 1. The van der Waals surface area contributed by atoms with E-state index in [0.717, 1.165) is 33.0 Å². The highest BCUT2D eigenvalue weighted by Gasteiger charge is 2.23. The van der Waals surface area contributed by atoms with Gasteiger partial charge in [-0.25, -0.2) is 4.99 Å². The molecule has 1 aliphatic heterocycles. The van der Waals surface area contributed by atoms with Gasteiger partial charge in [-0.15, -0.1) is 17.9 Å². The molecule has 3 nitrogen and oxygen atoms in total. The SMILES string of the molecule is C=CCn1c(O)c(C=C2C(c3ccccc3)=Nc3ccccc32)sc1=S. The van der Waals surface area contributed by atoms with Crippen molar-refractivity contribution in [2.45, 2.75) is 6.54 Å². The van der Waals surface area contributed by atoms with E-state index >= 15 is 0 Å². The molecular formula is C21H16N2OS2. The van der Waals surface area contributed by atoms with Gasteiger partial charge in [0.25, 0.3) is 0 Å². The summed E-state index contributed by atoms with van der Waals surface area (Å²) < 4.78 is 2.30. The molecule has 2 aromatic carbocycles. The molecule has 0 spiro atoms. The van der Waals surface area contributed by atoms with Crippen LogP contribution in [0.1, 0.15) is 16.0 Å². The Labute approximate surface area is 160 Å². The smallest absolute Gasteiger partial charge is 0.210 e. The van der Waals surface area contributed by atoms with Gasteiger partial charge in [-0.2, -0.15) is 0 Å². The highest BCUT2D eigenvalue weighted by molar-refractivity contribution is 7.73. The van der Waals surface area contributed by atoms with Crippen molar-refractivity contribution in [1.29, 1.82) is 0 Å². The number of rotatable bonds is 4. The first-order chi connectivity index (χ1) is 12.7. The summed E-state index contributed by atoms with van der Waals surface area (Å²) in [6, 6.07) is 18.1. The molecule has 0 atom stereocenters. The minimum absolute atomic E-state index is 0.171. The second-order valence-corrected chi connectivity index (χ2v) is 7.53. The molecule has 4 rings (SSSR count). The van der Waals surface area contributed by atoms with Gasteiger partial charge in [0.1, 0.15) is 0 Å². The number of aromatic nitrogens is 1. The van der Waals surface area contributed by atoms with Crippen molar-refractivity contribution in [2.75, 3.05) is 0 Å². The van der Waals surface area contributed by atoms with Crippen molar-refractivity contribution in [3.05, 3.63) is 87.2 Å². The van der Waals surface area contributed by atoms with Crippen LogP contribution in [0.25, 0.3) is 11.6 Å². The predicted molar refractivity (Wildman–Crippen MR) is 112 cm³/mol. The van der Waals surface area contributed by atoms with Crippen LogP contribution in [0.2, 0.25) is 0 Å². The molecule has 26 heavy (non-hydrogen) atoms. The number of fused-ring (bicyclic) bond motifs is 1. The quantitative estimate of drug-likeness (QED) is 0.458. The van der Waals surface area contributed by atoms with Crippen molar-refractivity contribution < 1.29 is 5.11 Å². The van der Waals surface area contributed by atoms with Crippen molar-refractivity contribution >= 4 is 46.6 Å². The van der Waals surface area contributed by atoms with Gasteiger partial charge in [-0.05, 0) is 24.4 Å². The van der Waals surface area contributed by atoms with Crippen LogP contribution >= 0.6 is 23.6 Å². The first-order valence-electron chi connectivity index (χ1n) is 8.18. The Morgan fingerprint density at radius 3 is 2.62 bits per heavy atom. The van der Waals surface area contributed by atoms with Gasteiger partial charge in [-0.1, -0.05) is 54.6 Å². The predicted octanol–water partition coefficient (Wildman–Crippen LogP) is 5.85. The highest BCUT2D eigenvalue weighted by atomic mass is 32.1. The van der Waals surface area contributed by atoms with Crippen molar-refractivity contribution in [2.24, 2.45) is 4.99 Å². The largest absolute Gasteiger partial charge is 0.493 e. The van der Waals surface area contributed by atoms with Crippen molar-refractivity contribution in [1.82, 2.24) is 4.57 Å². The van der Waals surface area contributed by atoms with E-state index in [1.807, 2.05) is 54.6 Å². The summed E-state index contributed by atoms with van der Waals surface area (Å²) in [5.74, 6) is 0.171. The Bertz CT molecular complexity index is 1100. The Morgan fingerprint density at radius 2 is 1.85 bits per heavy atom. The zero-order valence-electron chi connectivity index (χ0n) is 13.9. The maximum atomic E-state index is 10.6. The fourth-order valence-corrected chi connectivity index (χ4v) is 4.27. The molecule has 0 fully saturated rings. The Balaban J connectivity index is 1.89. The normalized spacial score (nSPS) is 14.3. The van der Waals surface area contributed by atoms with Gasteiger partial charge in [-0.3, -0.25) is 4.57 Å². The van der Waals surface area contributed by atoms with E-state index < -0.39 is 0 Å². The molecule has 0 saturated carbocycles. The lowest BCUT2D eigenvalue weighted by Crippen LogP contribution is -1.99. The van der Waals surface area contributed by atoms with Gasteiger partial charge in [0.2, 0.25) is 5.88 Å². The molecule has 0 unspecified atom stereocenters. The molecule has 5 heteroatoms. The van der Waals surface area contributed by atoms with E-state index in [1.165, 1.54) is 11.3 Å². The third-order valence-corrected chi connectivity index (χ3v) is 5.60. The summed E-state index contributed by atoms with van der Waals surface area (Å²) in [6.07, 6.45) is 3.70. The number of hydrogen-bond acceptors (Lipinski definition) is 4. The average molecular weight is 377 g/mol. The minimum Gasteiger partial charge on any atom is -0.493 e. The van der Waals surface area contributed by atoms with E-state index in [2.05, 4.69) is 12.6 Å². The third kappa shape index (κ3) is 2.85. The van der Waals surface area contributed by atoms with Crippen molar-refractivity contribution in [3.8, 4) is 5.88 Å². The minimum atomic E-state index is 0.171. The number of hydrogen-bond donors (Lipinski definition) is 1. The maximum Gasteiger partial charge on any atom is 0.210 e. The molecule has 128 valence electrons. The lowest BCUT2D eigenvalue weighted by atomic mass is 9.97. The Morgan fingerprint density at radius 1 is 1.12 bits per heavy atom. The molecule has 1 aliphatic rings. The standard InChI is InChI=1S/C21H16N2OS2/c1-2-12-23-20(24)18(26-21(23)25)13-16-15-10-6-7-11-17(15)22-19(16)14-8-4-3-5-9-14/h2-11,13,24H,1,12H2. The molecule has 0 amide bonds. The molecule has 0 saturated heterocycles. The summed E-state index contributed by atoms with van der Waals surface area (Å²) in [7, 11) is 0. The summed E-state index contributed by atoms with van der Waals surface area (Å²) in [5.41, 5.74) is 4.93. The summed E-state index contributed by atoms with van der Waals surface area (Å²) in [4.78, 5) is 5.55. The van der Waals surface area contributed by atoms with Gasteiger partial charge in [0, 0.05) is 23.2 Å². The molecule has 1 aromatic heterocycles.